The minimum absolute atomic E-state index is 0.190. The Morgan fingerprint density at radius 3 is 2.60 bits per heavy atom. The molecule has 1 aromatic rings. The van der Waals surface area contributed by atoms with Crippen LogP contribution >= 0.6 is 0 Å². The lowest BCUT2D eigenvalue weighted by molar-refractivity contribution is 0.0660. The molecule has 0 spiro atoms. The average molecular weight is 281 g/mol. The van der Waals surface area contributed by atoms with Gasteiger partial charge in [0.15, 0.2) is 0 Å². The molecule has 0 saturated carbocycles. The largest absolute Gasteiger partial charge is 0.491 e. The number of ether oxygens (including phenoxy) is 3. The minimum atomic E-state index is 0.190. The van der Waals surface area contributed by atoms with Gasteiger partial charge in [-0.1, -0.05) is 12.1 Å². The van der Waals surface area contributed by atoms with Crippen molar-refractivity contribution in [2.45, 2.75) is 32.4 Å². The Labute approximate surface area is 122 Å². The van der Waals surface area contributed by atoms with E-state index >= 15 is 0 Å². The Kier molecular flexibility index (Phi) is 8.26. The highest BCUT2D eigenvalue weighted by Crippen LogP contribution is 2.22. The molecule has 0 radical (unpaired) electrons. The molecule has 0 amide bonds. The first-order chi connectivity index (χ1) is 9.67. The molecule has 0 fully saturated rings. The van der Waals surface area contributed by atoms with Crippen LogP contribution < -0.4 is 10.1 Å². The number of methoxy groups -OCH3 is 1. The topological polar surface area (TPSA) is 39.7 Å². The van der Waals surface area contributed by atoms with Crippen LogP contribution in [0, 0.1) is 0 Å². The summed E-state index contributed by atoms with van der Waals surface area (Å²) in [5, 5.41) is 3.32. The third-order valence-electron chi connectivity index (χ3n) is 2.96. The molecule has 0 bridgehead atoms. The zero-order valence-corrected chi connectivity index (χ0v) is 13.0. The smallest absolute Gasteiger partial charge is 0.120 e. The summed E-state index contributed by atoms with van der Waals surface area (Å²) in [4.78, 5) is 0. The van der Waals surface area contributed by atoms with Gasteiger partial charge in [0, 0.05) is 19.8 Å². The molecule has 4 heteroatoms. The molecule has 4 nitrogen and oxygen atoms in total. The zero-order valence-electron chi connectivity index (χ0n) is 13.0. The van der Waals surface area contributed by atoms with Gasteiger partial charge in [0.05, 0.1) is 19.3 Å². The molecule has 0 aliphatic rings. The first-order valence-electron chi connectivity index (χ1n) is 7.18. The van der Waals surface area contributed by atoms with Gasteiger partial charge in [-0.15, -0.1) is 0 Å². The Morgan fingerprint density at radius 1 is 1.15 bits per heavy atom. The van der Waals surface area contributed by atoms with Gasteiger partial charge < -0.3 is 19.5 Å². The average Bonchev–Trinajstić information content (AvgIpc) is 2.42. The number of rotatable bonds is 10. The Balaban J connectivity index is 2.51. The van der Waals surface area contributed by atoms with E-state index in [2.05, 4.69) is 17.4 Å². The SMILES string of the molecule is CNC(CCOCCOC)c1cccc(OC(C)C)c1. The second-order valence-electron chi connectivity index (χ2n) is 4.97. The highest BCUT2D eigenvalue weighted by molar-refractivity contribution is 5.30. The molecule has 1 aromatic carbocycles. The van der Waals surface area contributed by atoms with Crippen LogP contribution in [0.1, 0.15) is 31.9 Å². The molecular formula is C16H27NO3. The summed E-state index contributed by atoms with van der Waals surface area (Å²) in [6.07, 6.45) is 1.11. The number of hydrogen-bond donors (Lipinski definition) is 1. The van der Waals surface area contributed by atoms with Crippen LogP contribution in [0.2, 0.25) is 0 Å². The molecule has 0 heterocycles. The molecule has 1 unspecified atom stereocenters. The van der Waals surface area contributed by atoms with E-state index in [-0.39, 0.29) is 12.1 Å². The molecule has 114 valence electrons. The summed E-state index contributed by atoms with van der Waals surface area (Å²) < 4.78 is 16.2. The van der Waals surface area contributed by atoms with Crippen molar-refractivity contribution in [3.63, 3.8) is 0 Å². The molecular weight excluding hydrogens is 254 g/mol. The maximum absolute atomic E-state index is 5.73. The Bertz CT molecular complexity index is 368. The van der Waals surface area contributed by atoms with Crippen molar-refractivity contribution in [3.05, 3.63) is 29.8 Å². The number of nitrogens with one attached hydrogen (secondary N) is 1. The lowest BCUT2D eigenvalue weighted by Crippen LogP contribution is -2.19. The third-order valence-corrected chi connectivity index (χ3v) is 2.96. The summed E-state index contributed by atoms with van der Waals surface area (Å²) in [5.74, 6) is 0.915. The number of hydrogen-bond acceptors (Lipinski definition) is 4. The van der Waals surface area contributed by atoms with Crippen molar-refractivity contribution >= 4 is 0 Å². The monoisotopic (exact) mass is 281 g/mol. The van der Waals surface area contributed by atoms with Crippen molar-refractivity contribution in [3.8, 4) is 5.75 Å². The lowest BCUT2D eigenvalue weighted by Gasteiger charge is -2.18. The van der Waals surface area contributed by atoms with E-state index in [1.54, 1.807) is 7.11 Å². The van der Waals surface area contributed by atoms with Gasteiger partial charge in [-0.2, -0.15) is 0 Å². The Morgan fingerprint density at radius 2 is 1.95 bits per heavy atom. The van der Waals surface area contributed by atoms with E-state index in [1.807, 2.05) is 33.0 Å². The van der Waals surface area contributed by atoms with Crippen LogP contribution in [0.4, 0.5) is 0 Å². The maximum Gasteiger partial charge on any atom is 0.120 e. The van der Waals surface area contributed by atoms with Crippen molar-refractivity contribution in [2.75, 3.05) is 34.0 Å². The predicted octanol–water partition coefficient (Wildman–Crippen LogP) is 2.79. The van der Waals surface area contributed by atoms with E-state index in [1.165, 1.54) is 5.56 Å². The van der Waals surface area contributed by atoms with Crippen molar-refractivity contribution in [2.24, 2.45) is 0 Å². The molecule has 0 aliphatic heterocycles. The van der Waals surface area contributed by atoms with Gasteiger partial charge in [-0.05, 0) is 45.0 Å². The van der Waals surface area contributed by atoms with Crippen LogP contribution in [0.3, 0.4) is 0 Å². The fourth-order valence-electron chi connectivity index (χ4n) is 2.00. The lowest BCUT2D eigenvalue weighted by atomic mass is 10.0. The number of benzene rings is 1. The van der Waals surface area contributed by atoms with E-state index in [4.69, 9.17) is 14.2 Å². The second kappa shape index (κ2) is 9.75. The maximum atomic E-state index is 5.73. The quantitative estimate of drug-likeness (QED) is 0.669. The highest BCUT2D eigenvalue weighted by atomic mass is 16.5. The van der Waals surface area contributed by atoms with Crippen LogP contribution in [-0.2, 0) is 9.47 Å². The summed E-state index contributed by atoms with van der Waals surface area (Å²) in [5.41, 5.74) is 1.22. The minimum Gasteiger partial charge on any atom is -0.491 e. The van der Waals surface area contributed by atoms with Gasteiger partial charge in [0.1, 0.15) is 5.75 Å². The summed E-state index contributed by atoms with van der Waals surface area (Å²) in [6, 6.07) is 8.50. The molecule has 0 aromatic heterocycles. The molecule has 20 heavy (non-hydrogen) atoms. The first kappa shape index (κ1) is 17.0. The summed E-state index contributed by atoms with van der Waals surface area (Å²) in [7, 11) is 3.65. The third kappa shape index (κ3) is 6.37. The van der Waals surface area contributed by atoms with Crippen molar-refractivity contribution in [1.82, 2.24) is 5.32 Å². The van der Waals surface area contributed by atoms with Crippen molar-refractivity contribution in [1.29, 1.82) is 0 Å². The fourth-order valence-corrected chi connectivity index (χ4v) is 2.00. The molecule has 0 saturated heterocycles. The Hall–Kier alpha value is -1.10. The molecule has 1 N–H and O–H groups in total. The normalized spacial score (nSPS) is 12.7. The van der Waals surface area contributed by atoms with Crippen molar-refractivity contribution < 1.29 is 14.2 Å². The van der Waals surface area contributed by atoms with Crippen LogP contribution in [0.5, 0.6) is 5.75 Å². The molecule has 0 aliphatic carbocycles. The van der Waals surface area contributed by atoms with E-state index in [9.17, 15) is 0 Å². The predicted molar refractivity (Wildman–Crippen MR) is 81.3 cm³/mol. The van der Waals surface area contributed by atoms with Gasteiger partial charge in [-0.25, -0.2) is 0 Å². The molecule has 1 atom stereocenters. The molecule has 1 rings (SSSR count). The fraction of sp³-hybridized carbons (Fsp3) is 0.625. The van der Waals surface area contributed by atoms with Crippen LogP contribution in [0.25, 0.3) is 0 Å². The van der Waals surface area contributed by atoms with Crippen LogP contribution in [-0.4, -0.2) is 40.1 Å². The van der Waals surface area contributed by atoms with E-state index in [0.29, 0.717) is 19.8 Å². The first-order valence-corrected chi connectivity index (χ1v) is 7.18. The second-order valence-corrected chi connectivity index (χ2v) is 4.97. The van der Waals surface area contributed by atoms with E-state index < -0.39 is 0 Å². The van der Waals surface area contributed by atoms with Gasteiger partial charge in [-0.3, -0.25) is 0 Å². The summed E-state index contributed by atoms with van der Waals surface area (Å²) >= 11 is 0. The summed E-state index contributed by atoms with van der Waals surface area (Å²) in [6.45, 7) is 6.06. The standard InChI is InChI=1S/C16H27NO3/c1-13(2)20-15-7-5-6-14(12-15)16(17-3)8-9-19-11-10-18-4/h5-7,12-13,16-17H,8-11H2,1-4H3. The zero-order chi connectivity index (χ0) is 14.8. The highest BCUT2D eigenvalue weighted by Gasteiger charge is 2.10. The van der Waals surface area contributed by atoms with E-state index in [0.717, 1.165) is 12.2 Å². The van der Waals surface area contributed by atoms with Gasteiger partial charge >= 0.3 is 0 Å². The van der Waals surface area contributed by atoms with Crippen LogP contribution in [0.15, 0.2) is 24.3 Å². The van der Waals surface area contributed by atoms with Gasteiger partial charge in [0.2, 0.25) is 0 Å². The van der Waals surface area contributed by atoms with Gasteiger partial charge in [0.25, 0.3) is 0 Å².